The van der Waals surface area contributed by atoms with Gasteiger partial charge in [0.15, 0.2) is 6.10 Å². The molecule has 9 heteroatoms. The summed E-state index contributed by atoms with van der Waals surface area (Å²) in [4.78, 5) is 34.3. The van der Waals surface area contributed by atoms with Gasteiger partial charge in [0.05, 0.1) is 15.5 Å². The zero-order valence-electron chi connectivity index (χ0n) is 14.9. The lowest BCUT2D eigenvalue weighted by Crippen LogP contribution is -2.47. The van der Waals surface area contributed by atoms with Gasteiger partial charge in [0.25, 0.3) is 17.5 Å². The second-order valence-corrected chi connectivity index (χ2v) is 6.23. The number of nitro benzene ring substituents is 1. The molecule has 142 valence electrons. The number of hydrazine groups is 1. The second-order valence-electron chi connectivity index (χ2n) is 5.82. The third kappa shape index (κ3) is 4.95. The lowest BCUT2D eigenvalue weighted by atomic mass is 10.1. The molecule has 0 aromatic heterocycles. The molecule has 0 spiro atoms. The number of non-ortho nitro benzene ring substituents is 1. The van der Waals surface area contributed by atoms with E-state index in [0.717, 1.165) is 23.3 Å². The number of carbonyl (C=O) groups excluding carboxylic acids is 2. The van der Waals surface area contributed by atoms with Crippen molar-refractivity contribution in [1.82, 2.24) is 10.9 Å². The second kappa shape index (κ2) is 8.50. The number of hydrogen-bond acceptors (Lipinski definition) is 5. The van der Waals surface area contributed by atoms with Crippen molar-refractivity contribution in [2.75, 3.05) is 0 Å². The first-order valence-corrected chi connectivity index (χ1v) is 8.35. The molecule has 1 atom stereocenters. The maximum atomic E-state index is 12.1. The number of aryl methyl sites for hydroxylation is 1. The molecular weight excluding hydrogens is 374 g/mol. The van der Waals surface area contributed by atoms with Crippen LogP contribution in [0.25, 0.3) is 0 Å². The predicted molar refractivity (Wildman–Crippen MR) is 99.7 cm³/mol. The van der Waals surface area contributed by atoms with Gasteiger partial charge in [-0.25, -0.2) is 0 Å². The SMILES string of the molecule is Cc1cccc(O[C@@H](C)C(=O)NNC(=O)c2ccc([N+](=O)[O-])cc2Cl)c1C. The van der Waals surface area contributed by atoms with Crippen LogP contribution in [0.4, 0.5) is 5.69 Å². The Bertz CT molecular complexity index is 901. The van der Waals surface area contributed by atoms with Crippen molar-refractivity contribution in [3.05, 3.63) is 68.2 Å². The number of hydrogen-bond donors (Lipinski definition) is 2. The Hall–Kier alpha value is -3.13. The fourth-order valence-corrected chi connectivity index (χ4v) is 2.45. The van der Waals surface area contributed by atoms with E-state index in [1.54, 1.807) is 13.0 Å². The average molecular weight is 392 g/mol. The Kier molecular flexibility index (Phi) is 6.36. The van der Waals surface area contributed by atoms with Gasteiger partial charge in [0.2, 0.25) is 0 Å². The molecule has 0 bridgehead atoms. The van der Waals surface area contributed by atoms with Crippen molar-refractivity contribution >= 4 is 29.1 Å². The first kappa shape index (κ1) is 20.2. The van der Waals surface area contributed by atoms with E-state index in [1.807, 2.05) is 26.0 Å². The fourth-order valence-electron chi connectivity index (χ4n) is 2.18. The van der Waals surface area contributed by atoms with Crippen LogP contribution in [-0.4, -0.2) is 22.8 Å². The van der Waals surface area contributed by atoms with Crippen LogP contribution in [0.2, 0.25) is 5.02 Å². The Balaban J connectivity index is 1.97. The highest BCUT2D eigenvalue weighted by atomic mass is 35.5. The molecule has 0 aliphatic heterocycles. The first-order chi connectivity index (χ1) is 12.7. The molecule has 0 heterocycles. The molecule has 27 heavy (non-hydrogen) atoms. The molecular formula is C18H18ClN3O5. The smallest absolute Gasteiger partial charge is 0.279 e. The van der Waals surface area contributed by atoms with Crippen LogP contribution >= 0.6 is 11.6 Å². The number of nitrogens with zero attached hydrogens (tertiary/aromatic N) is 1. The molecule has 2 N–H and O–H groups in total. The fraction of sp³-hybridized carbons (Fsp3) is 0.222. The van der Waals surface area contributed by atoms with Gasteiger partial charge in [-0.3, -0.25) is 30.6 Å². The van der Waals surface area contributed by atoms with Gasteiger partial charge >= 0.3 is 0 Å². The number of rotatable bonds is 5. The monoisotopic (exact) mass is 391 g/mol. The summed E-state index contributed by atoms with van der Waals surface area (Å²) in [6, 6.07) is 8.92. The standard InChI is InChI=1S/C18H18ClN3O5/c1-10-5-4-6-16(11(10)2)27-12(3)17(23)20-21-18(24)14-8-7-13(22(25)26)9-15(14)19/h4-9,12H,1-3H3,(H,20,23)(H,21,24)/t12-/m0/s1. The van der Waals surface area contributed by atoms with Crippen LogP contribution in [0.1, 0.15) is 28.4 Å². The number of ether oxygens (including phenoxy) is 1. The van der Waals surface area contributed by atoms with Crippen molar-refractivity contribution in [1.29, 1.82) is 0 Å². The van der Waals surface area contributed by atoms with Gasteiger partial charge in [0.1, 0.15) is 5.75 Å². The molecule has 0 aliphatic carbocycles. The van der Waals surface area contributed by atoms with Gasteiger partial charge in [-0.05, 0) is 44.0 Å². The van der Waals surface area contributed by atoms with E-state index < -0.39 is 22.8 Å². The summed E-state index contributed by atoms with van der Waals surface area (Å²) >= 11 is 5.88. The highest BCUT2D eigenvalue weighted by molar-refractivity contribution is 6.34. The highest BCUT2D eigenvalue weighted by Gasteiger charge is 2.19. The highest BCUT2D eigenvalue weighted by Crippen LogP contribution is 2.23. The molecule has 2 aromatic carbocycles. The molecule has 2 aromatic rings. The summed E-state index contributed by atoms with van der Waals surface area (Å²) in [5.74, 6) is -0.702. The minimum Gasteiger partial charge on any atom is -0.481 e. The van der Waals surface area contributed by atoms with Crippen LogP contribution in [0.3, 0.4) is 0 Å². The van der Waals surface area contributed by atoms with Gasteiger partial charge in [0, 0.05) is 12.1 Å². The molecule has 0 saturated heterocycles. The number of nitro groups is 1. The number of amides is 2. The van der Waals surface area contributed by atoms with E-state index in [1.165, 1.54) is 6.07 Å². The van der Waals surface area contributed by atoms with Crippen molar-refractivity contribution in [2.24, 2.45) is 0 Å². The summed E-state index contributed by atoms with van der Waals surface area (Å²) < 4.78 is 5.63. The Morgan fingerprint density at radius 1 is 1.19 bits per heavy atom. The quantitative estimate of drug-likeness (QED) is 0.601. The number of carbonyl (C=O) groups is 2. The lowest BCUT2D eigenvalue weighted by Gasteiger charge is -2.17. The average Bonchev–Trinajstić information content (AvgIpc) is 2.62. The van der Waals surface area contributed by atoms with E-state index in [0.29, 0.717) is 5.75 Å². The number of nitrogens with one attached hydrogen (secondary N) is 2. The minimum atomic E-state index is -0.863. The normalized spacial score (nSPS) is 11.4. The van der Waals surface area contributed by atoms with Crippen molar-refractivity contribution in [2.45, 2.75) is 26.9 Å². The lowest BCUT2D eigenvalue weighted by molar-refractivity contribution is -0.384. The third-order valence-electron chi connectivity index (χ3n) is 3.94. The molecule has 0 radical (unpaired) electrons. The molecule has 0 fully saturated rings. The maximum Gasteiger partial charge on any atom is 0.279 e. The molecule has 8 nitrogen and oxygen atoms in total. The van der Waals surface area contributed by atoms with E-state index in [4.69, 9.17) is 16.3 Å². The van der Waals surface area contributed by atoms with Crippen LogP contribution in [-0.2, 0) is 4.79 Å². The van der Waals surface area contributed by atoms with E-state index in [2.05, 4.69) is 10.9 Å². The summed E-state index contributed by atoms with van der Waals surface area (Å²) in [5, 5.41) is 10.6. The minimum absolute atomic E-state index is 0.00864. The zero-order chi connectivity index (χ0) is 20.1. The van der Waals surface area contributed by atoms with E-state index in [9.17, 15) is 19.7 Å². The van der Waals surface area contributed by atoms with Crippen molar-refractivity contribution in [3.63, 3.8) is 0 Å². The largest absolute Gasteiger partial charge is 0.481 e. The number of halogens is 1. The van der Waals surface area contributed by atoms with Gasteiger partial charge in [-0.1, -0.05) is 23.7 Å². The molecule has 0 unspecified atom stereocenters. The Morgan fingerprint density at radius 2 is 1.89 bits per heavy atom. The van der Waals surface area contributed by atoms with Crippen LogP contribution < -0.4 is 15.6 Å². The Labute approximate surface area is 160 Å². The van der Waals surface area contributed by atoms with Gasteiger partial charge < -0.3 is 4.74 Å². The van der Waals surface area contributed by atoms with E-state index >= 15 is 0 Å². The molecule has 0 saturated carbocycles. The number of benzene rings is 2. The molecule has 2 amide bonds. The van der Waals surface area contributed by atoms with Crippen LogP contribution in [0.5, 0.6) is 5.75 Å². The summed E-state index contributed by atoms with van der Waals surface area (Å²) in [5.41, 5.74) is 6.15. The van der Waals surface area contributed by atoms with Gasteiger partial charge in [-0.15, -0.1) is 0 Å². The zero-order valence-corrected chi connectivity index (χ0v) is 15.7. The topological polar surface area (TPSA) is 111 Å². The third-order valence-corrected chi connectivity index (χ3v) is 4.25. The summed E-state index contributed by atoms with van der Waals surface area (Å²) in [7, 11) is 0. The Morgan fingerprint density at radius 3 is 2.52 bits per heavy atom. The first-order valence-electron chi connectivity index (χ1n) is 7.97. The van der Waals surface area contributed by atoms with E-state index in [-0.39, 0.29) is 16.3 Å². The summed E-state index contributed by atoms with van der Waals surface area (Å²) in [6.45, 7) is 5.36. The summed E-state index contributed by atoms with van der Waals surface area (Å²) in [6.07, 6.45) is -0.863. The molecule has 2 rings (SSSR count). The van der Waals surface area contributed by atoms with Crippen LogP contribution in [0, 0.1) is 24.0 Å². The molecule has 0 aliphatic rings. The maximum absolute atomic E-state index is 12.1. The van der Waals surface area contributed by atoms with Crippen molar-refractivity contribution < 1.29 is 19.2 Å². The van der Waals surface area contributed by atoms with Crippen LogP contribution in [0.15, 0.2) is 36.4 Å². The van der Waals surface area contributed by atoms with Crippen molar-refractivity contribution in [3.8, 4) is 5.75 Å². The van der Waals surface area contributed by atoms with Gasteiger partial charge in [-0.2, -0.15) is 0 Å². The predicted octanol–water partition coefficient (Wildman–Crippen LogP) is 3.09.